The summed E-state index contributed by atoms with van der Waals surface area (Å²) in [5, 5.41) is 8.15. The molecule has 0 aliphatic heterocycles. The number of aromatic nitrogens is 1. The first-order chi connectivity index (χ1) is 17.0. The topological polar surface area (TPSA) is 92.4 Å². The smallest absolute Gasteiger partial charge is 0.335 e. The van der Waals surface area contributed by atoms with Crippen LogP contribution in [0.3, 0.4) is 0 Å². The van der Waals surface area contributed by atoms with Gasteiger partial charge >= 0.3 is 5.97 Å². The quantitative estimate of drug-likeness (QED) is 0.195. The van der Waals surface area contributed by atoms with Gasteiger partial charge in [0.2, 0.25) is 0 Å². The Morgan fingerprint density at radius 3 is 2.57 bits per heavy atom. The van der Waals surface area contributed by atoms with Crippen LogP contribution in [0.4, 0.5) is 4.39 Å². The first-order valence-corrected chi connectivity index (χ1v) is 11.5. The zero-order valence-corrected chi connectivity index (χ0v) is 20.0. The number of ether oxygens (including phenoxy) is 3. The van der Waals surface area contributed by atoms with Crippen molar-refractivity contribution in [1.82, 2.24) is 5.16 Å². The van der Waals surface area contributed by atoms with Crippen molar-refractivity contribution in [3.8, 4) is 17.0 Å². The minimum atomic E-state index is -0.690. The van der Waals surface area contributed by atoms with E-state index >= 15 is 0 Å². The van der Waals surface area contributed by atoms with Gasteiger partial charge < -0.3 is 23.6 Å². The molecule has 0 radical (unpaired) electrons. The zero-order valence-electron chi connectivity index (χ0n) is 20.0. The first kappa shape index (κ1) is 25.9. The number of rotatable bonds is 13. The summed E-state index contributed by atoms with van der Waals surface area (Å²) in [6, 6.07) is 15.0. The van der Waals surface area contributed by atoms with Crippen molar-refractivity contribution in [1.29, 1.82) is 0 Å². The van der Waals surface area contributed by atoms with Crippen LogP contribution >= 0.6 is 0 Å². The number of benzene rings is 2. The van der Waals surface area contributed by atoms with Crippen molar-refractivity contribution in [3.05, 3.63) is 71.7 Å². The second kappa shape index (κ2) is 13.2. The van der Waals surface area contributed by atoms with Gasteiger partial charge in [0.15, 0.2) is 17.6 Å². The summed E-state index contributed by atoms with van der Waals surface area (Å²) in [4.78, 5) is 17.4. The SMILES string of the molecule is CCON=C(COc1cccc(CC(OCC)C(=O)OCC)c1)c1cc(-c2ccc(F)cc2)no1. The summed E-state index contributed by atoms with van der Waals surface area (Å²) in [5.74, 6) is 0.215. The summed E-state index contributed by atoms with van der Waals surface area (Å²) in [7, 11) is 0. The van der Waals surface area contributed by atoms with Gasteiger partial charge in [-0.3, -0.25) is 0 Å². The predicted molar refractivity (Wildman–Crippen MR) is 128 cm³/mol. The van der Waals surface area contributed by atoms with Gasteiger partial charge in [-0.15, -0.1) is 0 Å². The number of hydrogen-bond donors (Lipinski definition) is 0. The Bertz CT molecular complexity index is 1110. The van der Waals surface area contributed by atoms with E-state index < -0.39 is 12.1 Å². The highest BCUT2D eigenvalue weighted by Gasteiger charge is 2.21. The predicted octanol–water partition coefficient (Wildman–Crippen LogP) is 4.81. The molecule has 2 aromatic carbocycles. The molecule has 0 N–H and O–H groups in total. The van der Waals surface area contributed by atoms with Crippen LogP contribution < -0.4 is 4.74 Å². The molecule has 0 saturated carbocycles. The Labute approximate surface area is 203 Å². The van der Waals surface area contributed by atoms with Gasteiger partial charge in [-0.2, -0.15) is 0 Å². The van der Waals surface area contributed by atoms with Gasteiger partial charge in [-0.1, -0.05) is 22.4 Å². The standard InChI is InChI=1S/C26H29FN2O6/c1-4-31-25(26(30)32-5-2)15-18-8-7-9-21(14-18)33-17-23(28-34-6-3)24-16-22(29-35-24)19-10-12-20(27)13-11-19/h7-14,16,25H,4-6,15,17H2,1-3H3. The third-order valence-electron chi connectivity index (χ3n) is 4.85. The summed E-state index contributed by atoms with van der Waals surface area (Å²) in [6.45, 7) is 6.50. The van der Waals surface area contributed by atoms with Gasteiger partial charge in [-0.25, -0.2) is 9.18 Å². The summed E-state index contributed by atoms with van der Waals surface area (Å²) >= 11 is 0. The molecule has 3 aromatic rings. The second-order valence-corrected chi connectivity index (χ2v) is 7.38. The highest BCUT2D eigenvalue weighted by molar-refractivity contribution is 5.99. The lowest BCUT2D eigenvalue weighted by Crippen LogP contribution is -2.29. The van der Waals surface area contributed by atoms with Crippen LogP contribution in [0.2, 0.25) is 0 Å². The number of oxime groups is 1. The molecule has 1 aromatic heterocycles. The Morgan fingerprint density at radius 1 is 1.06 bits per heavy atom. The summed E-state index contributed by atoms with van der Waals surface area (Å²) in [6.07, 6.45) is -0.336. The van der Waals surface area contributed by atoms with Crippen LogP contribution in [0.5, 0.6) is 5.75 Å². The average Bonchev–Trinajstić information content (AvgIpc) is 3.35. The maximum Gasteiger partial charge on any atom is 0.335 e. The number of nitrogens with zero attached hydrogens (tertiary/aromatic N) is 2. The second-order valence-electron chi connectivity index (χ2n) is 7.38. The van der Waals surface area contributed by atoms with Crippen molar-refractivity contribution in [3.63, 3.8) is 0 Å². The molecular formula is C26H29FN2O6. The Balaban J connectivity index is 1.71. The normalized spacial score (nSPS) is 12.3. The van der Waals surface area contributed by atoms with E-state index in [0.717, 1.165) is 5.56 Å². The van der Waals surface area contributed by atoms with E-state index in [1.165, 1.54) is 12.1 Å². The lowest BCUT2D eigenvalue weighted by atomic mass is 10.1. The number of carbonyl (C=O) groups excluding carboxylic acids is 1. The molecule has 0 amide bonds. The molecule has 9 heteroatoms. The van der Waals surface area contributed by atoms with Crippen LogP contribution in [-0.4, -0.2) is 49.4 Å². The van der Waals surface area contributed by atoms with Gasteiger partial charge in [0, 0.05) is 24.7 Å². The highest BCUT2D eigenvalue weighted by Crippen LogP contribution is 2.21. The van der Waals surface area contributed by atoms with E-state index in [9.17, 15) is 9.18 Å². The fourth-order valence-corrected chi connectivity index (χ4v) is 3.23. The van der Waals surface area contributed by atoms with E-state index in [0.29, 0.717) is 48.1 Å². The van der Waals surface area contributed by atoms with Crippen molar-refractivity contribution in [2.75, 3.05) is 26.4 Å². The monoisotopic (exact) mass is 484 g/mol. The molecule has 0 fully saturated rings. The van der Waals surface area contributed by atoms with Gasteiger partial charge in [0.1, 0.15) is 30.5 Å². The lowest BCUT2D eigenvalue weighted by Gasteiger charge is -2.16. The molecule has 1 heterocycles. The van der Waals surface area contributed by atoms with Crippen molar-refractivity contribution in [2.45, 2.75) is 33.3 Å². The number of carbonyl (C=O) groups is 1. The maximum atomic E-state index is 13.2. The largest absolute Gasteiger partial charge is 0.487 e. The molecule has 0 aliphatic carbocycles. The molecule has 0 aliphatic rings. The first-order valence-electron chi connectivity index (χ1n) is 11.5. The minimum absolute atomic E-state index is 0.0499. The van der Waals surface area contributed by atoms with Gasteiger partial charge in [0.05, 0.1) is 6.61 Å². The van der Waals surface area contributed by atoms with E-state index in [1.54, 1.807) is 31.2 Å². The Hall–Kier alpha value is -3.72. The van der Waals surface area contributed by atoms with Crippen LogP contribution in [0.1, 0.15) is 32.1 Å². The number of hydrogen-bond acceptors (Lipinski definition) is 8. The number of esters is 1. The molecule has 0 saturated heterocycles. The summed E-state index contributed by atoms with van der Waals surface area (Å²) in [5.41, 5.74) is 2.50. The third kappa shape index (κ3) is 7.65. The molecule has 8 nitrogen and oxygen atoms in total. The molecule has 35 heavy (non-hydrogen) atoms. The lowest BCUT2D eigenvalue weighted by molar-refractivity contribution is -0.156. The van der Waals surface area contributed by atoms with E-state index in [1.807, 2.05) is 32.0 Å². The van der Waals surface area contributed by atoms with E-state index in [-0.39, 0.29) is 19.0 Å². The average molecular weight is 485 g/mol. The Kier molecular flexibility index (Phi) is 9.80. The fraction of sp³-hybridized carbons (Fsp3) is 0.346. The molecular weight excluding hydrogens is 455 g/mol. The molecule has 1 atom stereocenters. The molecule has 1 unspecified atom stereocenters. The highest BCUT2D eigenvalue weighted by atomic mass is 19.1. The van der Waals surface area contributed by atoms with Crippen molar-refractivity contribution < 1.29 is 32.8 Å². The van der Waals surface area contributed by atoms with Crippen molar-refractivity contribution >= 4 is 11.7 Å². The number of halogens is 1. The zero-order chi connectivity index (χ0) is 25.0. The van der Waals surface area contributed by atoms with Crippen LogP contribution in [0, 0.1) is 5.82 Å². The van der Waals surface area contributed by atoms with Crippen LogP contribution in [0.25, 0.3) is 11.3 Å². The summed E-state index contributed by atoms with van der Waals surface area (Å²) < 4.78 is 35.3. The van der Waals surface area contributed by atoms with Gasteiger partial charge in [0.25, 0.3) is 0 Å². The van der Waals surface area contributed by atoms with Crippen LogP contribution in [0.15, 0.2) is 64.3 Å². The minimum Gasteiger partial charge on any atom is -0.487 e. The van der Waals surface area contributed by atoms with Crippen molar-refractivity contribution in [2.24, 2.45) is 5.16 Å². The Morgan fingerprint density at radius 2 is 1.86 bits per heavy atom. The fourth-order valence-electron chi connectivity index (χ4n) is 3.23. The molecule has 3 rings (SSSR count). The van der Waals surface area contributed by atoms with Crippen LogP contribution in [-0.2, 0) is 25.5 Å². The third-order valence-corrected chi connectivity index (χ3v) is 4.85. The van der Waals surface area contributed by atoms with Gasteiger partial charge in [-0.05, 0) is 62.7 Å². The van der Waals surface area contributed by atoms with E-state index in [4.69, 9.17) is 23.6 Å². The molecule has 0 spiro atoms. The molecule has 0 bridgehead atoms. The van der Waals surface area contributed by atoms with E-state index in [2.05, 4.69) is 10.3 Å². The maximum absolute atomic E-state index is 13.2. The molecule has 186 valence electrons.